The highest BCUT2D eigenvalue weighted by atomic mass is 16.2. The number of fused-ring (bicyclic) bond motifs is 2. The Kier molecular flexibility index (Phi) is 7.45. The number of aromatic nitrogens is 3. The number of amides is 1. The Morgan fingerprint density at radius 2 is 1.73 bits per heavy atom. The van der Waals surface area contributed by atoms with E-state index in [0.29, 0.717) is 41.8 Å². The van der Waals surface area contributed by atoms with Crippen LogP contribution in [0.25, 0.3) is 33.3 Å². The smallest absolute Gasteiger partial charge is 0.279 e. The molecule has 1 amide bonds. The van der Waals surface area contributed by atoms with Crippen LogP contribution in [0.3, 0.4) is 0 Å². The summed E-state index contributed by atoms with van der Waals surface area (Å²) in [6.07, 6.45) is 4.23. The van der Waals surface area contributed by atoms with Gasteiger partial charge in [0.05, 0.1) is 16.7 Å². The Morgan fingerprint density at radius 3 is 2.54 bits per heavy atom. The number of benzene rings is 3. The highest BCUT2D eigenvalue weighted by molar-refractivity contribution is 5.87. The number of rotatable bonds is 10. The van der Waals surface area contributed by atoms with Gasteiger partial charge in [-0.15, -0.1) is 0 Å². The number of hydrogen-bond acceptors (Lipinski definition) is 3. The lowest BCUT2D eigenvalue weighted by Crippen LogP contribution is -2.39. The summed E-state index contributed by atoms with van der Waals surface area (Å²) in [5, 5.41) is 4.11. The van der Waals surface area contributed by atoms with Crippen molar-refractivity contribution in [2.24, 2.45) is 0 Å². The Hall–Kier alpha value is -4.19. The predicted molar refractivity (Wildman–Crippen MR) is 150 cm³/mol. The van der Waals surface area contributed by atoms with E-state index in [-0.39, 0.29) is 11.5 Å². The van der Waals surface area contributed by atoms with Crippen molar-refractivity contribution in [1.82, 2.24) is 19.9 Å². The van der Waals surface area contributed by atoms with Gasteiger partial charge in [-0.05, 0) is 49.1 Å². The molecule has 0 saturated heterocycles. The molecule has 0 radical (unpaired) electrons. The molecular formula is C31H32N4O2. The molecule has 0 aliphatic heterocycles. The van der Waals surface area contributed by atoms with Crippen molar-refractivity contribution in [1.29, 1.82) is 0 Å². The van der Waals surface area contributed by atoms with E-state index in [1.54, 1.807) is 4.57 Å². The molecule has 37 heavy (non-hydrogen) atoms. The maximum Gasteiger partial charge on any atom is 0.279 e. The quantitative estimate of drug-likeness (QED) is 0.234. The summed E-state index contributed by atoms with van der Waals surface area (Å²) >= 11 is 0. The summed E-state index contributed by atoms with van der Waals surface area (Å²) in [7, 11) is 0. The molecule has 0 aliphatic carbocycles. The van der Waals surface area contributed by atoms with Crippen molar-refractivity contribution in [2.75, 3.05) is 6.54 Å². The number of para-hydroxylation sites is 3. The molecule has 1 atom stereocenters. The third kappa shape index (κ3) is 5.33. The van der Waals surface area contributed by atoms with Crippen molar-refractivity contribution in [3.63, 3.8) is 0 Å². The number of hydrogen-bond donors (Lipinski definition) is 2. The fraction of sp³-hybridized carbons (Fsp3) is 0.258. The highest BCUT2D eigenvalue weighted by Gasteiger charge is 2.26. The molecule has 2 N–H and O–H groups in total. The molecule has 2 heterocycles. The van der Waals surface area contributed by atoms with Gasteiger partial charge in [-0.25, -0.2) is 4.98 Å². The maximum absolute atomic E-state index is 14.1. The van der Waals surface area contributed by atoms with Gasteiger partial charge in [0.1, 0.15) is 6.04 Å². The summed E-state index contributed by atoms with van der Waals surface area (Å²) in [5.41, 5.74) is 4.11. The fourth-order valence-electron chi connectivity index (χ4n) is 4.87. The first-order valence-electron chi connectivity index (χ1n) is 13.1. The second-order valence-electron chi connectivity index (χ2n) is 9.43. The van der Waals surface area contributed by atoms with Gasteiger partial charge in [0, 0.05) is 17.4 Å². The number of aromatic amines is 1. The van der Waals surface area contributed by atoms with E-state index in [4.69, 9.17) is 4.98 Å². The first kappa shape index (κ1) is 24.5. The topological polar surface area (TPSA) is 79.8 Å². The van der Waals surface area contributed by atoms with Gasteiger partial charge in [0.2, 0.25) is 5.91 Å². The van der Waals surface area contributed by atoms with Gasteiger partial charge in [0.25, 0.3) is 5.56 Å². The van der Waals surface area contributed by atoms with Gasteiger partial charge >= 0.3 is 0 Å². The number of carbonyl (C=O) groups excluding carboxylic acids is 1. The predicted octanol–water partition coefficient (Wildman–Crippen LogP) is 6.03. The summed E-state index contributed by atoms with van der Waals surface area (Å²) in [4.78, 5) is 35.8. The standard InChI is InChI=1S/C31H32N4O2/c1-2-3-11-20-32-30(36)28(19-18-22-12-5-4-6-13-22)35-27-17-10-9-16-25(27)34-29(31(35)37)26-21-23-14-7-8-15-24(23)33-26/h4-10,12-17,21,28,33H,2-3,11,18-20H2,1H3,(H,32,36). The zero-order valence-electron chi connectivity index (χ0n) is 21.1. The molecule has 5 rings (SSSR count). The molecule has 0 fully saturated rings. The molecule has 2 aromatic heterocycles. The van der Waals surface area contributed by atoms with Crippen LogP contribution in [0.1, 0.15) is 44.2 Å². The van der Waals surface area contributed by atoms with E-state index >= 15 is 0 Å². The van der Waals surface area contributed by atoms with Gasteiger partial charge in [-0.2, -0.15) is 0 Å². The molecule has 6 nitrogen and oxygen atoms in total. The number of nitrogens with one attached hydrogen (secondary N) is 2. The molecule has 0 spiro atoms. The summed E-state index contributed by atoms with van der Waals surface area (Å²) in [6.45, 7) is 2.74. The molecule has 1 unspecified atom stereocenters. The van der Waals surface area contributed by atoms with E-state index in [2.05, 4.69) is 29.4 Å². The van der Waals surface area contributed by atoms with Gasteiger partial charge < -0.3 is 10.3 Å². The van der Waals surface area contributed by atoms with E-state index in [1.165, 1.54) is 0 Å². The van der Waals surface area contributed by atoms with Crippen LogP contribution in [0.4, 0.5) is 0 Å². The van der Waals surface area contributed by atoms with Crippen LogP contribution in [-0.4, -0.2) is 27.0 Å². The minimum absolute atomic E-state index is 0.131. The molecule has 0 saturated carbocycles. The van der Waals surface area contributed by atoms with E-state index in [9.17, 15) is 9.59 Å². The SMILES string of the molecule is CCCCCNC(=O)C(CCc1ccccc1)n1c(=O)c(-c2cc3ccccc3[nH]2)nc2ccccc21. The maximum atomic E-state index is 14.1. The van der Waals surface area contributed by atoms with E-state index < -0.39 is 6.04 Å². The van der Waals surface area contributed by atoms with Crippen LogP contribution >= 0.6 is 0 Å². The van der Waals surface area contributed by atoms with Crippen molar-refractivity contribution in [3.05, 3.63) is 101 Å². The first-order valence-corrected chi connectivity index (χ1v) is 13.1. The Morgan fingerprint density at radius 1 is 0.973 bits per heavy atom. The van der Waals surface area contributed by atoms with Gasteiger partial charge in [-0.1, -0.05) is 80.4 Å². The lowest BCUT2D eigenvalue weighted by molar-refractivity contribution is -0.124. The minimum atomic E-state index is -0.662. The normalized spacial score (nSPS) is 12.1. The molecule has 188 valence electrons. The van der Waals surface area contributed by atoms with Crippen molar-refractivity contribution in [2.45, 2.75) is 45.1 Å². The average molecular weight is 493 g/mol. The van der Waals surface area contributed by atoms with Crippen LogP contribution in [0, 0.1) is 0 Å². The van der Waals surface area contributed by atoms with Gasteiger partial charge in [0.15, 0.2) is 5.69 Å². The lowest BCUT2D eigenvalue weighted by Gasteiger charge is -2.22. The zero-order valence-corrected chi connectivity index (χ0v) is 21.1. The highest BCUT2D eigenvalue weighted by Crippen LogP contribution is 2.25. The van der Waals surface area contributed by atoms with Crippen LogP contribution < -0.4 is 10.9 Å². The van der Waals surface area contributed by atoms with Crippen molar-refractivity contribution in [3.8, 4) is 11.4 Å². The first-order chi connectivity index (χ1) is 18.2. The largest absolute Gasteiger partial charge is 0.354 e. The van der Waals surface area contributed by atoms with Crippen LogP contribution in [0.5, 0.6) is 0 Å². The second kappa shape index (κ2) is 11.2. The minimum Gasteiger partial charge on any atom is -0.354 e. The summed E-state index contributed by atoms with van der Waals surface area (Å²) < 4.78 is 1.65. The average Bonchev–Trinajstić information content (AvgIpc) is 3.36. The molecule has 0 bridgehead atoms. The molecular weight excluding hydrogens is 460 g/mol. The number of unbranched alkanes of at least 4 members (excludes halogenated alkanes) is 2. The third-order valence-corrected chi connectivity index (χ3v) is 6.82. The fourth-order valence-corrected chi connectivity index (χ4v) is 4.87. The van der Waals surface area contributed by atoms with Crippen LogP contribution in [-0.2, 0) is 11.2 Å². The lowest BCUT2D eigenvalue weighted by atomic mass is 10.0. The number of H-pyrrole nitrogens is 1. The van der Waals surface area contributed by atoms with E-state index in [0.717, 1.165) is 35.7 Å². The third-order valence-electron chi connectivity index (χ3n) is 6.82. The Labute approximate surface area is 216 Å². The second-order valence-corrected chi connectivity index (χ2v) is 9.43. The van der Waals surface area contributed by atoms with Crippen LogP contribution in [0.2, 0.25) is 0 Å². The zero-order chi connectivity index (χ0) is 25.6. The molecule has 3 aromatic carbocycles. The number of carbonyl (C=O) groups is 1. The Bertz CT molecular complexity index is 1540. The van der Waals surface area contributed by atoms with Crippen molar-refractivity contribution < 1.29 is 4.79 Å². The summed E-state index contributed by atoms with van der Waals surface area (Å²) in [6, 6.07) is 26.8. The molecule has 0 aliphatic rings. The summed E-state index contributed by atoms with van der Waals surface area (Å²) in [5.74, 6) is -0.131. The van der Waals surface area contributed by atoms with E-state index in [1.807, 2.05) is 72.8 Å². The monoisotopic (exact) mass is 492 g/mol. The number of nitrogens with zero attached hydrogens (tertiary/aromatic N) is 2. The Balaban J connectivity index is 1.61. The number of aryl methyl sites for hydroxylation is 1. The molecule has 6 heteroatoms. The van der Waals surface area contributed by atoms with Gasteiger partial charge in [-0.3, -0.25) is 14.2 Å². The van der Waals surface area contributed by atoms with Crippen LogP contribution in [0.15, 0.2) is 89.7 Å². The van der Waals surface area contributed by atoms with Crippen molar-refractivity contribution >= 4 is 27.8 Å². The molecule has 5 aromatic rings.